The summed E-state index contributed by atoms with van der Waals surface area (Å²) in [4.78, 5) is 51.2. The van der Waals surface area contributed by atoms with E-state index < -0.39 is 17.6 Å². The number of rotatable bonds is 23. The standard InChI is InChI=1S/C39H54N10O6S/c1-39(2,3)55-38(52)46-29(23-40)24-45-13-8-11-16-53-32-20-27(25-50)19-30(43-5)34(32)48(26-42-4)14-9-10-15-49-35-31(47-37(49)44-6)21-28(36(41)51)22-33(35)54-17-12-18-56-7/h8-11,19-25,42H,5,12-18,26,40H2,1-4,6-7H3,(H2,41,51)(H,44,47)(H,46,52)/b10-9+,11-8+,29-23+,45-24?. The Kier molecular flexibility index (Phi) is 17.9. The van der Waals surface area contributed by atoms with Gasteiger partial charge < -0.3 is 45.8 Å². The van der Waals surface area contributed by atoms with E-state index in [1.807, 2.05) is 34.9 Å². The van der Waals surface area contributed by atoms with E-state index in [0.717, 1.165) is 24.0 Å². The molecule has 3 aromatic rings. The van der Waals surface area contributed by atoms with Crippen molar-refractivity contribution in [1.82, 2.24) is 20.2 Å². The maximum absolute atomic E-state index is 12.1. The molecule has 7 N–H and O–H groups in total. The van der Waals surface area contributed by atoms with Crippen LogP contribution in [0, 0.1) is 0 Å². The monoisotopic (exact) mass is 790 g/mol. The predicted molar refractivity (Wildman–Crippen MR) is 227 cm³/mol. The van der Waals surface area contributed by atoms with Gasteiger partial charge in [-0.3, -0.25) is 24.9 Å². The summed E-state index contributed by atoms with van der Waals surface area (Å²) in [5.41, 5.74) is 14.0. The summed E-state index contributed by atoms with van der Waals surface area (Å²) in [5, 5.41) is 8.88. The lowest BCUT2D eigenvalue weighted by Crippen LogP contribution is -2.33. The first-order valence-electron chi connectivity index (χ1n) is 17.9. The lowest BCUT2D eigenvalue weighted by Gasteiger charge is -2.27. The number of nitrogens with zero attached hydrogens (tertiary/aromatic N) is 5. The third-order valence-electron chi connectivity index (χ3n) is 7.66. The molecule has 16 nitrogen and oxygen atoms in total. The number of carbonyl (C=O) groups excluding carboxylic acids is 3. The average molecular weight is 791 g/mol. The zero-order valence-corrected chi connectivity index (χ0v) is 33.8. The van der Waals surface area contributed by atoms with Gasteiger partial charge in [0.25, 0.3) is 0 Å². The van der Waals surface area contributed by atoms with Gasteiger partial charge >= 0.3 is 6.09 Å². The van der Waals surface area contributed by atoms with Crippen LogP contribution in [0.2, 0.25) is 0 Å². The molecule has 0 radical (unpaired) electrons. The molecular weight excluding hydrogens is 737 g/mol. The molecule has 1 aromatic heterocycles. The molecule has 0 saturated carbocycles. The number of fused-ring (bicyclic) bond motifs is 1. The second-order valence-electron chi connectivity index (χ2n) is 13.1. The van der Waals surface area contributed by atoms with E-state index in [-0.39, 0.29) is 18.8 Å². The molecule has 0 aliphatic heterocycles. The molecule has 0 fully saturated rings. The van der Waals surface area contributed by atoms with Crippen LogP contribution in [0.4, 0.5) is 22.1 Å². The molecule has 302 valence electrons. The summed E-state index contributed by atoms with van der Waals surface area (Å²) < 4.78 is 19.6. The third-order valence-corrected chi connectivity index (χ3v) is 8.36. The number of aromatic nitrogens is 2. The molecule has 0 aliphatic carbocycles. The van der Waals surface area contributed by atoms with Gasteiger partial charge in [-0.1, -0.05) is 18.2 Å². The number of hydrogen-bond donors (Lipinski definition) is 5. The van der Waals surface area contributed by atoms with Crippen molar-refractivity contribution in [2.45, 2.75) is 39.3 Å². The number of benzene rings is 2. The highest BCUT2D eigenvalue weighted by atomic mass is 32.2. The summed E-state index contributed by atoms with van der Waals surface area (Å²) in [5.74, 6) is 1.95. The number of nitrogens with one attached hydrogen (secondary N) is 3. The Bertz CT molecular complexity index is 1930. The first-order valence-corrected chi connectivity index (χ1v) is 19.3. The molecule has 1 heterocycles. The molecule has 0 unspecified atom stereocenters. The fourth-order valence-corrected chi connectivity index (χ4v) is 5.71. The number of hydrogen-bond acceptors (Lipinski definition) is 14. The third kappa shape index (κ3) is 13.5. The van der Waals surface area contributed by atoms with Crippen LogP contribution in [0.15, 0.2) is 70.5 Å². The number of alkyl carbamates (subject to hydrolysis) is 1. The quantitative estimate of drug-likeness (QED) is 0.0282. The van der Waals surface area contributed by atoms with Crippen LogP contribution in [0.3, 0.4) is 0 Å². The van der Waals surface area contributed by atoms with Gasteiger partial charge in [-0.05, 0) is 83.3 Å². The number of allylic oxidation sites excluding steroid dienone is 2. The Hall–Kier alpha value is -5.81. The molecule has 0 spiro atoms. The Balaban J connectivity index is 1.80. The van der Waals surface area contributed by atoms with Gasteiger partial charge in [0.15, 0.2) is 0 Å². The summed E-state index contributed by atoms with van der Waals surface area (Å²) in [7, 11) is 3.61. The fraction of sp³-hybridized carbons (Fsp3) is 0.385. The number of imidazole rings is 1. The lowest BCUT2D eigenvalue weighted by molar-refractivity contribution is 0.0549. The summed E-state index contributed by atoms with van der Waals surface area (Å²) in [6, 6.07) is 6.65. The summed E-state index contributed by atoms with van der Waals surface area (Å²) in [6.07, 6.45) is 13.2. The van der Waals surface area contributed by atoms with E-state index in [0.29, 0.717) is 71.8 Å². The van der Waals surface area contributed by atoms with Crippen molar-refractivity contribution in [3.05, 3.63) is 71.6 Å². The van der Waals surface area contributed by atoms with Gasteiger partial charge in [-0.25, -0.2) is 9.78 Å². The van der Waals surface area contributed by atoms with E-state index in [1.165, 1.54) is 12.4 Å². The minimum absolute atomic E-state index is 0.167. The van der Waals surface area contributed by atoms with Crippen LogP contribution in [0.5, 0.6) is 11.5 Å². The topological polar surface area (TPSA) is 213 Å². The second-order valence-corrected chi connectivity index (χ2v) is 14.1. The number of aldehydes is 1. The molecule has 0 aliphatic rings. The average Bonchev–Trinajstić information content (AvgIpc) is 3.53. The SMILES string of the molecule is C=Nc1cc(C=O)cc(OC/C=C/CN=C/C(=C\N)NC(=O)OC(C)(C)C)c1N(C/C=C/Cn1c(NC)nc2cc(C(N)=O)cc(OCCCSC)c21)CNC. The highest BCUT2D eigenvalue weighted by Gasteiger charge is 2.20. The summed E-state index contributed by atoms with van der Waals surface area (Å²) >= 11 is 1.74. The molecule has 2 amide bonds. The van der Waals surface area contributed by atoms with Crippen LogP contribution < -0.4 is 41.8 Å². The zero-order valence-electron chi connectivity index (χ0n) is 33.0. The molecule has 0 saturated heterocycles. The highest BCUT2D eigenvalue weighted by Crippen LogP contribution is 2.39. The van der Waals surface area contributed by atoms with Gasteiger partial charge in [0.1, 0.15) is 41.2 Å². The number of primary amides is 1. The van der Waals surface area contributed by atoms with Crippen molar-refractivity contribution in [3.63, 3.8) is 0 Å². The molecule has 17 heteroatoms. The van der Waals surface area contributed by atoms with E-state index in [1.54, 1.807) is 76.0 Å². The van der Waals surface area contributed by atoms with Gasteiger partial charge in [0.2, 0.25) is 11.9 Å². The lowest BCUT2D eigenvalue weighted by atomic mass is 10.1. The van der Waals surface area contributed by atoms with E-state index in [4.69, 9.17) is 30.7 Å². The normalized spacial score (nSPS) is 12.1. The van der Waals surface area contributed by atoms with E-state index in [2.05, 4.69) is 32.7 Å². The number of amides is 2. The number of thioether (sulfide) groups is 1. The predicted octanol–water partition coefficient (Wildman–Crippen LogP) is 5.02. The smallest absolute Gasteiger partial charge is 0.412 e. The maximum Gasteiger partial charge on any atom is 0.412 e. The Morgan fingerprint density at radius 3 is 2.52 bits per heavy atom. The molecule has 56 heavy (non-hydrogen) atoms. The van der Waals surface area contributed by atoms with Crippen LogP contribution in [0.25, 0.3) is 11.0 Å². The van der Waals surface area contributed by atoms with Crippen molar-refractivity contribution < 1.29 is 28.6 Å². The number of carbonyl (C=O) groups is 3. The van der Waals surface area contributed by atoms with Crippen molar-refractivity contribution in [2.24, 2.45) is 21.5 Å². The molecule has 0 bridgehead atoms. The Morgan fingerprint density at radius 2 is 1.88 bits per heavy atom. The van der Waals surface area contributed by atoms with Crippen LogP contribution >= 0.6 is 11.8 Å². The van der Waals surface area contributed by atoms with Crippen molar-refractivity contribution in [2.75, 3.05) is 69.3 Å². The van der Waals surface area contributed by atoms with Crippen LogP contribution in [-0.2, 0) is 11.3 Å². The molecule has 2 aromatic carbocycles. The number of ether oxygens (including phenoxy) is 3. The number of nitrogens with two attached hydrogens (primary N) is 2. The van der Waals surface area contributed by atoms with Gasteiger partial charge in [-0.2, -0.15) is 11.8 Å². The Morgan fingerprint density at radius 1 is 1.09 bits per heavy atom. The minimum Gasteiger partial charge on any atom is -0.491 e. The number of aliphatic imine (C=N–C) groups is 2. The van der Waals surface area contributed by atoms with E-state index >= 15 is 0 Å². The van der Waals surface area contributed by atoms with Crippen molar-refractivity contribution >= 4 is 71.3 Å². The van der Waals surface area contributed by atoms with Crippen LogP contribution in [0.1, 0.15) is 47.9 Å². The zero-order chi connectivity index (χ0) is 41.1. The van der Waals surface area contributed by atoms with Crippen molar-refractivity contribution in [1.29, 1.82) is 0 Å². The van der Waals surface area contributed by atoms with Crippen molar-refractivity contribution in [3.8, 4) is 11.5 Å². The van der Waals surface area contributed by atoms with Crippen LogP contribution in [-0.4, -0.2) is 105 Å². The summed E-state index contributed by atoms with van der Waals surface area (Å²) in [6.45, 7) is 11.3. The first-order chi connectivity index (χ1) is 26.9. The molecule has 0 atom stereocenters. The number of anilines is 2. The minimum atomic E-state index is -0.653. The van der Waals surface area contributed by atoms with Gasteiger partial charge in [-0.15, -0.1) is 0 Å². The van der Waals surface area contributed by atoms with Gasteiger partial charge in [0.05, 0.1) is 36.7 Å². The molecule has 3 rings (SSSR count). The highest BCUT2D eigenvalue weighted by molar-refractivity contribution is 7.98. The van der Waals surface area contributed by atoms with E-state index in [9.17, 15) is 14.4 Å². The maximum atomic E-state index is 12.1. The largest absolute Gasteiger partial charge is 0.491 e. The van der Waals surface area contributed by atoms with Gasteiger partial charge in [0, 0.05) is 43.7 Å². The molecular formula is C39H54N10O6S. The fourth-order valence-electron chi connectivity index (χ4n) is 5.30. The second kappa shape index (κ2) is 22.5. The first kappa shape index (κ1) is 44.6. The Labute approximate surface area is 332 Å².